The fraction of sp³-hybridized carbons (Fsp3) is 0.625. The lowest BCUT2D eigenvalue weighted by molar-refractivity contribution is 0.0527. The molecule has 4 heteroatoms. The molecular weight excluding hydrogens is 272 g/mol. The molecule has 1 rings (SSSR count). The molecule has 0 aliphatic heterocycles. The predicted octanol–water partition coefficient (Wildman–Crippen LogP) is 3.48. The maximum Gasteiger partial charge on any atom is 0.0597 e. The van der Waals surface area contributed by atoms with Gasteiger partial charge in [-0.2, -0.15) is 0 Å². The van der Waals surface area contributed by atoms with Gasteiger partial charge in [0, 0.05) is 23.7 Å². The first-order valence-corrected chi connectivity index (χ1v) is 7.66. The number of hydrogen-bond donors (Lipinski definition) is 1. The van der Waals surface area contributed by atoms with Crippen molar-refractivity contribution in [3.63, 3.8) is 0 Å². The van der Waals surface area contributed by atoms with Crippen LogP contribution in [0, 0.1) is 0 Å². The molecule has 0 amide bonds. The van der Waals surface area contributed by atoms with Crippen LogP contribution in [0.15, 0.2) is 24.3 Å². The van der Waals surface area contributed by atoms with Gasteiger partial charge in [-0.15, -0.1) is 0 Å². The Morgan fingerprint density at radius 3 is 2.35 bits per heavy atom. The summed E-state index contributed by atoms with van der Waals surface area (Å²) in [5, 5.41) is 0.753. The lowest BCUT2D eigenvalue weighted by Crippen LogP contribution is -2.40. The average molecular weight is 299 g/mol. The molecule has 0 heterocycles. The molecule has 0 bridgehead atoms. The minimum absolute atomic E-state index is 0.0974. The van der Waals surface area contributed by atoms with Gasteiger partial charge in [0.15, 0.2) is 0 Å². The van der Waals surface area contributed by atoms with Gasteiger partial charge in [0.2, 0.25) is 0 Å². The fourth-order valence-corrected chi connectivity index (χ4v) is 2.41. The third kappa shape index (κ3) is 5.41. The molecular formula is C16H27ClN2O. The molecule has 2 N–H and O–H groups in total. The van der Waals surface area contributed by atoms with E-state index in [-0.39, 0.29) is 18.2 Å². The second kappa shape index (κ2) is 8.63. The maximum absolute atomic E-state index is 6.30. The summed E-state index contributed by atoms with van der Waals surface area (Å²) in [5.74, 6) is 0. The summed E-state index contributed by atoms with van der Waals surface area (Å²) >= 11 is 5.96. The normalized spacial score (nSPS) is 14.8. The van der Waals surface area contributed by atoms with Crippen molar-refractivity contribution in [1.82, 2.24) is 4.90 Å². The van der Waals surface area contributed by atoms with Crippen molar-refractivity contribution in [1.29, 1.82) is 0 Å². The Bertz CT molecular complexity index is 381. The molecule has 0 saturated heterocycles. The van der Waals surface area contributed by atoms with E-state index in [4.69, 9.17) is 22.1 Å². The van der Waals surface area contributed by atoms with Crippen LogP contribution < -0.4 is 5.73 Å². The minimum atomic E-state index is 0.0974. The lowest BCUT2D eigenvalue weighted by Gasteiger charge is -2.33. The van der Waals surface area contributed by atoms with Crippen LogP contribution in [-0.2, 0) is 4.74 Å². The molecule has 1 aromatic carbocycles. The van der Waals surface area contributed by atoms with E-state index < -0.39 is 0 Å². The van der Waals surface area contributed by atoms with Crippen molar-refractivity contribution in [2.75, 3.05) is 20.2 Å². The number of rotatable bonds is 8. The fourth-order valence-electron chi connectivity index (χ4n) is 2.28. The van der Waals surface area contributed by atoms with E-state index in [0.29, 0.717) is 6.61 Å². The van der Waals surface area contributed by atoms with Crippen LogP contribution in [0.25, 0.3) is 0 Å². The first-order chi connectivity index (χ1) is 9.45. The summed E-state index contributed by atoms with van der Waals surface area (Å²) in [7, 11) is 2.10. The van der Waals surface area contributed by atoms with Crippen LogP contribution in [0.4, 0.5) is 0 Å². The zero-order valence-electron chi connectivity index (χ0n) is 13.0. The molecule has 0 aromatic heterocycles. The second-order valence-corrected chi connectivity index (χ2v) is 5.91. The summed E-state index contributed by atoms with van der Waals surface area (Å²) in [6.45, 7) is 7.79. The van der Waals surface area contributed by atoms with Crippen LogP contribution in [0.3, 0.4) is 0 Å². The van der Waals surface area contributed by atoms with Gasteiger partial charge in [-0.1, -0.05) is 30.7 Å². The van der Waals surface area contributed by atoms with E-state index in [1.807, 2.05) is 12.1 Å². The van der Waals surface area contributed by atoms with Crippen molar-refractivity contribution in [2.45, 2.75) is 45.4 Å². The smallest absolute Gasteiger partial charge is 0.0597 e. The van der Waals surface area contributed by atoms with Crippen molar-refractivity contribution in [3.05, 3.63) is 34.9 Å². The number of likely N-dealkylation sites (N-methyl/N-ethyl adjacent to an activating group) is 1. The summed E-state index contributed by atoms with van der Waals surface area (Å²) in [5.41, 5.74) is 7.51. The molecule has 2 unspecified atom stereocenters. The largest absolute Gasteiger partial charge is 0.377 e. The van der Waals surface area contributed by atoms with Crippen LogP contribution >= 0.6 is 11.6 Å². The van der Waals surface area contributed by atoms with Crippen LogP contribution in [0.1, 0.15) is 38.8 Å². The Balaban J connectivity index is 2.75. The molecule has 0 saturated carbocycles. The number of benzene rings is 1. The van der Waals surface area contributed by atoms with Gasteiger partial charge < -0.3 is 10.5 Å². The highest BCUT2D eigenvalue weighted by atomic mass is 35.5. The van der Waals surface area contributed by atoms with Crippen LogP contribution in [0.2, 0.25) is 5.02 Å². The van der Waals surface area contributed by atoms with Gasteiger partial charge >= 0.3 is 0 Å². The Morgan fingerprint density at radius 2 is 1.85 bits per heavy atom. The number of nitrogens with zero attached hydrogens (tertiary/aromatic N) is 1. The number of hydrogen-bond acceptors (Lipinski definition) is 3. The monoisotopic (exact) mass is 298 g/mol. The highest BCUT2D eigenvalue weighted by molar-refractivity contribution is 6.30. The minimum Gasteiger partial charge on any atom is -0.377 e. The van der Waals surface area contributed by atoms with Gasteiger partial charge in [-0.3, -0.25) is 4.90 Å². The SMILES string of the molecule is CCC(N)C(c1ccc(Cl)cc1)N(C)CCOC(C)C. The lowest BCUT2D eigenvalue weighted by atomic mass is 9.97. The van der Waals surface area contributed by atoms with E-state index >= 15 is 0 Å². The summed E-state index contributed by atoms with van der Waals surface area (Å²) in [6, 6.07) is 8.24. The van der Waals surface area contributed by atoms with Crippen molar-refractivity contribution >= 4 is 11.6 Å². The first kappa shape index (κ1) is 17.4. The molecule has 2 atom stereocenters. The van der Waals surface area contributed by atoms with E-state index in [1.165, 1.54) is 5.56 Å². The molecule has 0 spiro atoms. The summed E-state index contributed by atoms with van der Waals surface area (Å²) in [4.78, 5) is 2.26. The standard InChI is InChI=1S/C16H27ClN2O/c1-5-15(18)16(13-6-8-14(17)9-7-13)19(4)10-11-20-12(2)3/h6-9,12,15-16H,5,10-11,18H2,1-4H3. The molecule has 114 valence electrons. The van der Waals surface area contributed by atoms with Gasteiger partial charge in [-0.25, -0.2) is 0 Å². The summed E-state index contributed by atoms with van der Waals surface area (Å²) < 4.78 is 5.63. The zero-order valence-corrected chi connectivity index (χ0v) is 13.7. The summed E-state index contributed by atoms with van der Waals surface area (Å²) in [6.07, 6.45) is 1.19. The zero-order chi connectivity index (χ0) is 15.1. The number of ether oxygens (including phenoxy) is 1. The first-order valence-electron chi connectivity index (χ1n) is 7.28. The number of nitrogens with two attached hydrogens (primary N) is 1. The Labute approximate surface area is 128 Å². The predicted molar refractivity (Wildman–Crippen MR) is 86.2 cm³/mol. The maximum atomic E-state index is 6.30. The average Bonchev–Trinajstić information content (AvgIpc) is 2.40. The molecule has 3 nitrogen and oxygen atoms in total. The van der Waals surface area contributed by atoms with E-state index in [2.05, 4.69) is 44.9 Å². The number of halogens is 1. The van der Waals surface area contributed by atoms with Gasteiger partial charge in [0.1, 0.15) is 0 Å². The third-order valence-electron chi connectivity index (χ3n) is 3.46. The van der Waals surface area contributed by atoms with E-state index in [0.717, 1.165) is 18.0 Å². The Kier molecular flexibility index (Phi) is 7.52. The van der Waals surface area contributed by atoms with E-state index in [1.54, 1.807) is 0 Å². The topological polar surface area (TPSA) is 38.5 Å². The Morgan fingerprint density at radius 1 is 1.25 bits per heavy atom. The van der Waals surface area contributed by atoms with Crippen molar-refractivity contribution < 1.29 is 4.74 Å². The van der Waals surface area contributed by atoms with Crippen LogP contribution in [-0.4, -0.2) is 37.2 Å². The Hall–Kier alpha value is -0.610. The van der Waals surface area contributed by atoms with Gasteiger partial charge in [0.05, 0.1) is 12.7 Å². The van der Waals surface area contributed by atoms with Crippen LogP contribution in [0.5, 0.6) is 0 Å². The van der Waals surface area contributed by atoms with E-state index in [9.17, 15) is 0 Å². The third-order valence-corrected chi connectivity index (χ3v) is 3.71. The quantitative estimate of drug-likeness (QED) is 0.798. The van der Waals surface area contributed by atoms with Gasteiger partial charge in [0.25, 0.3) is 0 Å². The van der Waals surface area contributed by atoms with Crippen molar-refractivity contribution in [2.24, 2.45) is 5.73 Å². The molecule has 1 aromatic rings. The van der Waals surface area contributed by atoms with Crippen molar-refractivity contribution in [3.8, 4) is 0 Å². The molecule has 0 aliphatic carbocycles. The van der Waals surface area contributed by atoms with Gasteiger partial charge in [-0.05, 0) is 45.0 Å². The second-order valence-electron chi connectivity index (χ2n) is 5.47. The molecule has 0 fully saturated rings. The highest BCUT2D eigenvalue weighted by Crippen LogP contribution is 2.25. The molecule has 0 radical (unpaired) electrons. The highest BCUT2D eigenvalue weighted by Gasteiger charge is 2.22. The molecule has 20 heavy (non-hydrogen) atoms. The molecule has 0 aliphatic rings.